The highest BCUT2D eigenvalue weighted by Gasteiger charge is 2.24. The Morgan fingerprint density at radius 1 is 1.26 bits per heavy atom. The molecule has 1 aliphatic rings. The first-order valence-electron chi connectivity index (χ1n) is 9.31. The summed E-state index contributed by atoms with van der Waals surface area (Å²) in [5.74, 6) is 0.863. The van der Waals surface area contributed by atoms with Crippen LogP contribution in [0.2, 0.25) is 0 Å². The molecule has 0 saturated carbocycles. The van der Waals surface area contributed by atoms with Crippen molar-refractivity contribution in [1.29, 1.82) is 0 Å². The molecule has 1 unspecified atom stereocenters. The molecular weight excluding hydrogens is 469 g/mol. The van der Waals surface area contributed by atoms with Crippen LogP contribution >= 0.6 is 35.3 Å². The average molecular weight is 499 g/mol. The lowest BCUT2D eigenvalue weighted by Gasteiger charge is -2.25. The zero-order valence-corrected chi connectivity index (χ0v) is 19.5. The Labute approximate surface area is 183 Å². The second-order valence-electron chi connectivity index (χ2n) is 6.80. The Balaban J connectivity index is 0.00000261. The van der Waals surface area contributed by atoms with Gasteiger partial charge in [0.15, 0.2) is 5.96 Å². The first-order valence-corrected chi connectivity index (χ1v) is 10.1. The van der Waals surface area contributed by atoms with Crippen LogP contribution in [-0.2, 0) is 13.1 Å². The Kier molecular flexibility index (Phi) is 8.98. The van der Waals surface area contributed by atoms with E-state index in [1.165, 1.54) is 29.8 Å². The molecule has 7 heteroatoms. The van der Waals surface area contributed by atoms with Crippen molar-refractivity contribution in [2.45, 2.75) is 45.8 Å². The summed E-state index contributed by atoms with van der Waals surface area (Å²) in [6, 6.07) is 11.3. The number of rotatable bonds is 6. The zero-order valence-electron chi connectivity index (χ0n) is 16.4. The highest BCUT2D eigenvalue weighted by atomic mass is 127. The molecule has 2 aromatic rings. The molecule has 0 aliphatic carbocycles. The monoisotopic (exact) mass is 499 g/mol. The summed E-state index contributed by atoms with van der Waals surface area (Å²) in [6.45, 7) is 8.01. The molecule has 0 radical (unpaired) electrons. The van der Waals surface area contributed by atoms with Crippen molar-refractivity contribution >= 4 is 41.3 Å². The SMILES string of the molecule is CN=C(NCc1sc(C)nc1C)NCC1CCCN1Cc1ccccc1.I. The summed E-state index contributed by atoms with van der Waals surface area (Å²) in [7, 11) is 1.83. The average Bonchev–Trinajstić information content (AvgIpc) is 3.21. The van der Waals surface area contributed by atoms with Crippen LogP contribution in [0.5, 0.6) is 0 Å². The lowest BCUT2D eigenvalue weighted by Crippen LogP contribution is -2.44. The number of benzene rings is 1. The van der Waals surface area contributed by atoms with Crippen molar-refractivity contribution in [2.75, 3.05) is 20.1 Å². The topological polar surface area (TPSA) is 52.6 Å². The van der Waals surface area contributed by atoms with Gasteiger partial charge in [-0.15, -0.1) is 35.3 Å². The van der Waals surface area contributed by atoms with E-state index in [4.69, 9.17) is 0 Å². The van der Waals surface area contributed by atoms with E-state index in [-0.39, 0.29) is 24.0 Å². The number of nitrogens with zero attached hydrogens (tertiary/aromatic N) is 3. The number of hydrogen-bond donors (Lipinski definition) is 2. The minimum Gasteiger partial charge on any atom is -0.355 e. The molecule has 3 rings (SSSR count). The quantitative estimate of drug-likeness (QED) is 0.362. The number of nitrogens with one attached hydrogen (secondary N) is 2. The third-order valence-electron chi connectivity index (χ3n) is 4.87. The van der Waals surface area contributed by atoms with Gasteiger partial charge in [-0.1, -0.05) is 30.3 Å². The van der Waals surface area contributed by atoms with Crippen LogP contribution in [0.3, 0.4) is 0 Å². The highest BCUT2D eigenvalue weighted by molar-refractivity contribution is 14.0. The van der Waals surface area contributed by atoms with Crippen LogP contribution < -0.4 is 10.6 Å². The zero-order chi connectivity index (χ0) is 18.4. The summed E-state index contributed by atoms with van der Waals surface area (Å²) in [6.07, 6.45) is 2.51. The van der Waals surface area contributed by atoms with Crippen molar-refractivity contribution in [3.8, 4) is 0 Å². The smallest absolute Gasteiger partial charge is 0.191 e. The fourth-order valence-corrected chi connectivity index (χ4v) is 4.37. The number of aliphatic imine (C=N–C) groups is 1. The van der Waals surface area contributed by atoms with Crippen LogP contribution in [0, 0.1) is 13.8 Å². The number of guanidine groups is 1. The molecule has 0 amide bonds. The predicted molar refractivity (Wildman–Crippen MR) is 125 cm³/mol. The second kappa shape index (κ2) is 11.0. The van der Waals surface area contributed by atoms with Gasteiger partial charge in [-0.05, 0) is 38.8 Å². The second-order valence-corrected chi connectivity index (χ2v) is 8.09. The molecule has 148 valence electrons. The maximum atomic E-state index is 4.49. The normalized spacial score (nSPS) is 17.6. The third-order valence-corrected chi connectivity index (χ3v) is 5.95. The number of halogens is 1. The van der Waals surface area contributed by atoms with Gasteiger partial charge in [0, 0.05) is 31.1 Å². The third kappa shape index (κ3) is 6.43. The van der Waals surface area contributed by atoms with E-state index in [9.17, 15) is 0 Å². The summed E-state index contributed by atoms with van der Waals surface area (Å²) in [5, 5.41) is 8.04. The van der Waals surface area contributed by atoms with Crippen molar-refractivity contribution < 1.29 is 0 Å². The largest absolute Gasteiger partial charge is 0.355 e. The van der Waals surface area contributed by atoms with Crippen molar-refractivity contribution in [3.63, 3.8) is 0 Å². The van der Waals surface area contributed by atoms with Crippen LogP contribution in [0.15, 0.2) is 35.3 Å². The molecule has 27 heavy (non-hydrogen) atoms. The van der Waals surface area contributed by atoms with E-state index in [1.54, 1.807) is 11.3 Å². The molecule has 0 spiro atoms. The molecule has 1 aromatic carbocycles. The van der Waals surface area contributed by atoms with Crippen molar-refractivity contribution in [2.24, 2.45) is 4.99 Å². The fourth-order valence-electron chi connectivity index (χ4n) is 3.49. The lowest BCUT2D eigenvalue weighted by atomic mass is 10.2. The van der Waals surface area contributed by atoms with E-state index in [1.807, 2.05) is 7.05 Å². The van der Waals surface area contributed by atoms with Gasteiger partial charge in [0.05, 0.1) is 17.2 Å². The van der Waals surface area contributed by atoms with Gasteiger partial charge in [0.2, 0.25) is 0 Å². The minimum atomic E-state index is 0. The van der Waals surface area contributed by atoms with E-state index in [2.05, 4.69) is 69.7 Å². The van der Waals surface area contributed by atoms with Crippen LogP contribution in [-0.4, -0.2) is 42.0 Å². The van der Waals surface area contributed by atoms with Gasteiger partial charge in [-0.25, -0.2) is 4.98 Å². The van der Waals surface area contributed by atoms with Crippen LogP contribution in [0.4, 0.5) is 0 Å². The van der Waals surface area contributed by atoms with Gasteiger partial charge >= 0.3 is 0 Å². The van der Waals surface area contributed by atoms with Gasteiger partial charge in [-0.3, -0.25) is 9.89 Å². The Bertz CT molecular complexity index is 731. The number of aryl methyl sites for hydroxylation is 2. The predicted octanol–water partition coefficient (Wildman–Crippen LogP) is 3.71. The minimum absolute atomic E-state index is 0. The molecule has 1 fully saturated rings. The van der Waals surface area contributed by atoms with E-state index < -0.39 is 0 Å². The number of thiazole rings is 1. The Morgan fingerprint density at radius 2 is 2.04 bits per heavy atom. The molecule has 1 atom stereocenters. The van der Waals surface area contributed by atoms with Crippen LogP contribution in [0.1, 0.15) is 34.0 Å². The van der Waals surface area contributed by atoms with Crippen LogP contribution in [0.25, 0.3) is 0 Å². The summed E-state index contributed by atoms with van der Waals surface area (Å²) in [4.78, 5) is 12.7. The van der Waals surface area contributed by atoms with Crippen molar-refractivity contribution in [3.05, 3.63) is 51.5 Å². The molecular formula is C20H30IN5S. The number of hydrogen-bond acceptors (Lipinski definition) is 4. The summed E-state index contributed by atoms with van der Waals surface area (Å²) < 4.78 is 0. The van der Waals surface area contributed by atoms with E-state index in [0.717, 1.165) is 36.3 Å². The Hall–Kier alpha value is -1.19. The first kappa shape index (κ1) is 22.1. The molecule has 1 aliphatic heterocycles. The summed E-state index contributed by atoms with van der Waals surface area (Å²) in [5.41, 5.74) is 2.50. The van der Waals surface area contributed by atoms with Gasteiger partial charge in [0.25, 0.3) is 0 Å². The maximum Gasteiger partial charge on any atom is 0.191 e. The standard InChI is InChI=1S/C20H29N5S.HI/c1-15-19(26-16(2)24-15)13-23-20(21-3)22-12-18-10-7-11-25(18)14-17-8-5-4-6-9-17;/h4-6,8-9,18H,7,10-14H2,1-3H3,(H2,21,22,23);1H. The van der Waals surface area contributed by atoms with Gasteiger partial charge in [0.1, 0.15) is 0 Å². The first-order chi connectivity index (χ1) is 12.7. The lowest BCUT2D eigenvalue weighted by molar-refractivity contribution is 0.245. The molecule has 0 bridgehead atoms. The van der Waals surface area contributed by atoms with Gasteiger partial charge < -0.3 is 10.6 Å². The molecule has 5 nitrogen and oxygen atoms in total. The Morgan fingerprint density at radius 3 is 2.70 bits per heavy atom. The number of likely N-dealkylation sites (tertiary alicyclic amines) is 1. The molecule has 1 aromatic heterocycles. The highest BCUT2D eigenvalue weighted by Crippen LogP contribution is 2.19. The molecule has 2 N–H and O–H groups in total. The fraction of sp³-hybridized carbons (Fsp3) is 0.500. The maximum absolute atomic E-state index is 4.49. The van der Waals surface area contributed by atoms with E-state index in [0.29, 0.717) is 6.04 Å². The van der Waals surface area contributed by atoms with E-state index >= 15 is 0 Å². The molecule has 2 heterocycles. The van der Waals surface area contributed by atoms with Gasteiger partial charge in [-0.2, -0.15) is 0 Å². The summed E-state index contributed by atoms with van der Waals surface area (Å²) >= 11 is 1.75. The molecule has 1 saturated heterocycles. The number of aromatic nitrogens is 1. The van der Waals surface area contributed by atoms with Crippen molar-refractivity contribution in [1.82, 2.24) is 20.5 Å².